The molecular formula is C21H34N4O. The average Bonchev–Trinajstić information content (AvgIpc) is 3.17. The van der Waals surface area contributed by atoms with Crippen molar-refractivity contribution < 1.29 is 4.74 Å². The van der Waals surface area contributed by atoms with Gasteiger partial charge in [0.05, 0.1) is 6.10 Å². The number of aliphatic imine (C=N–C) groups is 1. The molecule has 0 aliphatic carbocycles. The molecule has 2 N–H and O–H groups in total. The van der Waals surface area contributed by atoms with E-state index < -0.39 is 0 Å². The molecule has 2 heterocycles. The van der Waals surface area contributed by atoms with Crippen molar-refractivity contribution in [1.29, 1.82) is 0 Å². The molecule has 5 nitrogen and oxygen atoms in total. The number of nitrogens with zero attached hydrogens (tertiary/aromatic N) is 2. The fourth-order valence-electron chi connectivity index (χ4n) is 4.02. The third kappa shape index (κ3) is 4.98. The Morgan fingerprint density at radius 2 is 2.08 bits per heavy atom. The van der Waals surface area contributed by atoms with E-state index in [0.717, 1.165) is 51.6 Å². The largest absolute Gasteiger partial charge is 0.376 e. The number of hydrogen-bond acceptors (Lipinski definition) is 3. The van der Waals surface area contributed by atoms with Gasteiger partial charge in [0.15, 0.2) is 5.96 Å². The lowest BCUT2D eigenvalue weighted by molar-refractivity contribution is 0.113. The SMILES string of the molecule is CN=C(NCC1CCCO1)NCC(C(C)C)N1CCc2ccccc2C1. The molecule has 3 rings (SSSR count). The van der Waals surface area contributed by atoms with Crippen LogP contribution in [0.15, 0.2) is 29.3 Å². The first-order valence-electron chi connectivity index (χ1n) is 10.0. The van der Waals surface area contributed by atoms with Gasteiger partial charge < -0.3 is 15.4 Å². The minimum absolute atomic E-state index is 0.327. The molecule has 1 aromatic rings. The maximum absolute atomic E-state index is 5.69. The van der Waals surface area contributed by atoms with E-state index >= 15 is 0 Å². The molecule has 0 spiro atoms. The normalized spacial score (nSPS) is 22.3. The first-order chi connectivity index (χ1) is 12.7. The second-order valence-electron chi connectivity index (χ2n) is 7.77. The van der Waals surface area contributed by atoms with Crippen LogP contribution in [0.3, 0.4) is 0 Å². The molecule has 0 aromatic heterocycles. The smallest absolute Gasteiger partial charge is 0.191 e. The quantitative estimate of drug-likeness (QED) is 0.606. The standard InChI is InChI=1S/C21H34N4O/c1-16(2)20(25-11-10-17-7-4-5-8-18(17)15-25)14-24-21(22-3)23-13-19-9-6-12-26-19/h4-5,7-8,16,19-20H,6,9-15H2,1-3H3,(H2,22,23,24). The fourth-order valence-corrected chi connectivity index (χ4v) is 4.02. The second-order valence-corrected chi connectivity index (χ2v) is 7.77. The summed E-state index contributed by atoms with van der Waals surface area (Å²) in [7, 11) is 1.84. The van der Waals surface area contributed by atoms with E-state index in [4.69, 9.17) is 4.74 Å². The first-order valence-corrected chi connectivity index (χ1v) is 10.0. The van der Waals surface area contributed by atoms with Gasteiger partial charge in [0.25, 0.3) is 0 Å². The Morgan fingerprint density at radius 1 is 1.27 bits per heavy atom. The van der Waals surface area contributed by atoms with E-state index in [9.17, 15) is 0 Å². The van der Waals surface area contributed by atoms with Crippen LogP contribution in [-0.2, 0) is 17.7 Å². The Balaban J connectivity index is 1.53. The maximum Gasteiger partial charge on any atom is 0.191 e. The van der Waals surface area contributed by atoms with Crippen LogP contribution in [0.1, 0.15) is 37.8 Å². The first kappa shape index (κ1) is 19.2. The Hall–Kier alpha value is -1.59. The number of fused-ring (bicyclic) bond motifs is 1. The highest BCUT2D eigenvalue weighted by molar-refractivity contribution is 5.79. The van der Waals surface area contributed by atoms with Gasteiger partial charge >= 0.3 is 0 Å². The van der Waals surface area contributed by atoms with Crippen molar-refractivity contribution >= 4 is 5.96 Å². The number of rotatable bonds is 6. The molecule has 2 unspecified atom stereocenters. The highest BCUT2D eigenvalue weighted by Gasteiger charge is 2.26. The summed E-state index contributed by atoms with van der Waals surface area (Å²) in [6.07, 6.45) is 3.79. The molecule has 144 valence electrons. The van der Waals surface area contributed by atoms with Crippen molar-refractivity contribution in [3.63, 3.8) is 0 Å². The van der Waals surface area contributed by atoms with Crippen molar-refractivity contribution in [3.8, 4) is 0 Å². The summed E-state index contributed by atoms with van der Waals surface area (Å²) in [4.78, 5) is 7.00. The van der Waals surface area contributed by atoms with Crippen molar-refractivity contribution in [2.75, 3.05) is 33.3 Å². The highest BCUT2D eigenvalue weighted by atomic mass is 16.5. The van der Waals surface area contributed by atoms with Gasteiger partial charge in [-0.2, -0.15) is 0 Å². The summed E-state index contributed by atoms with van der Waals surface area (Å²) in [5, 5.41) is 6.96. The number of ether oxygens (including phenoxy) is 1. The van der Waals surface area contributed by atoms with Crippen LogP contribution in [0, 0.1) is 5.92 Å². The maximum atomic E-state index is 5.69. The molecule has 0 radical (unpaired) electrons. The van der Waals surface area contributed by atoms with E-state index in [0.29, 0.717) is 18.1 Å². The summed E-state index contributed by atoms with van der Waals surface area (Å²) >= 11 is 0. The Labute approximate surface area is 158 Å². The predicted octanol–water partition coefficient (Wildman–Crippen LogP) is 2.41. The molecule has 0 bridgehead atoms. The van der Waals surface area contributed by atoms with E-state index in [1.165, 1.54) is 17.5 Å². The van der Waals surface area contributed by atoms with E-state index in [2.05, 4.69) is 58.6 Å². The van der Waals surface area contributed by atoms with E-state index in [1.807, 2.05) is 7.05 Å². The van der Waals surface area contributed by atoms with Crippen LogP contribution in [0.25, 0.3) is 0 Å². The van der Waals surface area contributed by atoms with Crippen LogP contribution in [-0.4, -0.2) is 56.3 Å². The summed E-state index contributed by atoms with van der Waals surface area (Å²) < 4.78 is 5.69. The third-order valence-corrected chi connectivity index (χ3v) is 5.62. The molecule has 1 fully saturated rings. The lowest BCUT2D eigenvalue weighted by Gasteiger charge is -2.38. The molecule has 2 aliphatic rings. The van der Waals surface area contributed by atoms with Gasteiger partial charge in [-0.3, -0.25) is 9.89 Å². The van der Waals surface area contributed by atoms with E-state index in [1.54, 1.807) is 0 Å². The molecule has 1 aromatic carbocycles. The van der Waals surface area contributed by atoms with Crippen LogP contribution < -0.4 is 10.6 Å². The average molecular weight is 359 g/mol. The lowest BCUT2D eigenvalue weighted by Crippen LogP contribution is -2.51. The molecule has 5 heteroatoms. The second kappa shape index (κ2) is 9.38. The Kier molecular flexibility index (Phi) is 6.92. The number of guanidine groups is 1. The van der Waals surface area contributed by atoms with Gasteiger partial charge in [-0.1, -0.05) is 38.1 Å². The van der Waals surface area contributed by atoms with Gasteiger partial charge in [0.2, 0.25) is 0 Å². The molecule has 2 aliphatic heterocycles. The highest BCUT2D eigenvalue weighted by Crippen LogP contribution is 2.22. The van der Waals surface area contributed by atoms with Gasteiger partial charge in [-0.05, 0) is 36.3 Å². The summed E-state index contributed by atoms with van der Waals surface area (Å²) in [6.45, 7) is 9.44. The summed E-state index contributed by atoms with van der Waals surface area (Å²) in [6, 6.07) is 9.34. The minimum atomic E-state index is 0.327. The Bertz CT molecular complexity index is 595. The molecule has 0 saturated carbocycles. The van der Waals surface area contributed by atoms with Crippen LogP contribution in [0.2, 0.25) is 0 Å². The number of nitrogens with one attached hydrogen (secondary N) is 2. The van der Waals surface area contributed by atoms with Gasteiger partial charge in [0, 0.05) is 45.9 Å². The van der Waals surface area contributed by atoms with Crippen molar-refractivity contribution in [2.24, 2.45) is 10.9 Å². The lowest BCUT2D eigenvalue weighted by atomic mass is 9.95. The predicted molar refractivity (Wildman–Crippen MR) is 108 cm³/mol. The van der Waals surface area contributed by atoms with Crippen LogP contribution in [0.5, 0.6) is 0 Å². The molecule has 2 atom stereocenters. The van der Waals surface area contributed by atoms with Crippen molar-refractivity contribution in [1.82, 2.24) is 15.5 Å². The zero-order valence-corrected chi connectivity index (χ0v) is 16.5. The number of hydrogen-bond donors (Lipinski definition) is 2. The molecular weight excluding hydrogens is 324 g/mol. The molecule has 26 heavy (non-hydrogen) atoms. The van der Waals surface area contributed by atoms with E-state index in [-0.39, 0.29) is 0 Å². The van der Waals surface area contributed by atoms with Crippen molar-refractivity contribution in [3.05, 3.63) is 35.4 Å². The van der Waals surface area contributed by atoms with Gasteiger partial charge in [-0.25, -0.2) is 0 Å². The zero-order chi connectivity index (χ0) is 18.4. The van der Waals surface area contributed by atoms with Gasteiger partial charge in [0.1, 0.15) is 0 Å². The summed E-state index contributed by atoms with van der Waals surface area (Å²) in [5.74, 6) is 1.47. The van der Waals surface area contributed by atoms with Crippen LogP contribution in [0.4, 0.5) is 0 Å². The minimum Gasteiger partial charge on any atom is -0.376 e. The molecule has 1 saturated heterocycles. The molecule has 0 amide bonds. The monoisotopic (exact) mass is 358 g/mol. The topological polar surface area (TPSA) is 48.9 Å². The third-order valence-electron chi connectivity index (χ3n) is 5.62. The Morgan fingerprint density at radius 3 is 2.77 bits per heavy atom. The number of benzene rings is 1. The van der Waals surface area contributed by atoms with Gasteiger partial charge in [-0.15, -0.1) is 0 Å². The fraction of sp³-hybridized carbons (Fsp3) is 0.667. The summed E-state index contributed by atoms with van der Waals surface area (Å²) in [5.41, 5.74) is 2.98. The van der Waals surface area contributed by atoms with Crippen molar-refractivity contribution in [2.45, 2.75) is 51.8 Å². The zero-order valence-electron chi connectivity index (χ0n) is 16.5. The van der Waals surface area contributed by atoms with Crippen LogP contribution >= 0.6 is 0 Å².